The molecule has 1 saturated carbocycles. The van der Waals surface area contributed by atoms with Gasteiger partial charge in [-0.05, 0) is 55.8 Å². The molecule has 150 valence electrons. The van der Waals surface area contributed by atoms with Crippen molar-refractivity contribution in [2.24, 2.45) is 17.3 Å². The highest BCUT2D eigenvalue weighted by atomic mass is 16.4. The van der Waals surface area contributed by atoms with E-state index in [-0.39, 0.29) is 23.9 Å². The molecule has 1 fully saturated rings. The Morgan fingerprint density at radius 1 is 1.23 bits per heavy atom. The molecule has 0 aromatic heterocycles. The molecule has 0 aliphatic heterocycles. The lowest BCUT2D eigenvalue weighted by Crippen LogP contribution is -2.27. The molecule has 0 heterocycles. The first-order valence-corrected chi connectivity index (χ1v) is 10.2. The zero-order valence-corrected chi connectivity index (χ0v) is 16.7. The molecule has 0 saturated heterocycles. The van der Waals surface area contributed by atoms with Crippen LogP contribution in [0.4, 0.5) is 0 Å². The maximum absolute atomic E-state index is 10.5. The molecule has 4 unspecified atom stereocenters. The second-order valence-corrected chi connectivity index (χ2v) is 8.39. The Balaban J connectivity index is 2.51. The number of rotatable bonds is 12. The van der Waals surface area contributed by atoms with Crippen LogP contribution in [-0.2, 0) is 4.79 Å². The van der Waals surface area contributed by atoms with Crippen molar-refractivity contribution in [3.8, 4) is 0 Å². The van der Waals surface area contributed by atoms with Gasteiger partial charge in [-0.15, -0.1) is 0 Å². The van der Waals surface area contributed by atoms with E-state index in [1.54, 1.807) is 0 Å². The molecule has 1 aliphatic rings. The second-order valence-electron chi connectivity index (χ2n) is 8.39. The first-order valence-electron chi connectivity index (χ1n) is 10.2. The highest BCUT2D eigenvalue weighted by Crippen LogP contribution is 2.37. The van der Waals surface area contributed by atoms with E-state index in [0.717, 1.165) is 44.9 Å². The van der Waals surface area contributed by atoms with Crippen molar-refractivity contribution in [3.05, 3.63) is 24.3 Å². The number of aliphatic hydroxyl groups is 2. The SMILES string of the molecule is CCCCC(C)(C)C(O)/C=C\C1CCC(O)C1C/C=C/CCCC(=O)O. The molecule has 0 aromatic carbocycles. The molecule has 0 spiro atoms. The van der Waals surface area contributed by atoms with Gasteiger partial charge < -0.3 is 15.3 Å². The van der Waals surface area contributed by atoms with E-state index in [2.05, 4.69) is 32.9 Å². The number of unbranched alkanes of at least 4 members (excludes halogenated alkanes) is 2. The molecule has 0 radical (unpaired) electrons. The van der Waals surface area contributed by atoms with Gasteiger partial charge in [0.1, 0.15) is 0 Å². The Hall–Kier alpha value is -1.13. The summed E-state index contributed by atoms with van der Waals surface area (Å²) in [5.74, 6) is -0.270. The Morgan fingerprint density at radius 3 is 2.62 bits per heavy atom. The third-order valence-electron chi connectivity index (χ3n) is 5.69. The van der Waals surface area contributed by atoms with E-state index in [4.69, 9.17) is 5.11 Å². The van der Waals surface area contributed by atoms with Crippen molar-refractivity contribution in [2.75, 3.05) is 0 Å². The minimum atomic E-state index is -0.754. The maximum Gasteiger partial charge on any atom is 0.303 e. The van der Waals surface area contributed by atoms with Gasteiger partial charge in [-0.2, -0.15) is 0 Å². The highest BCUT2D eigenvalue weighted by Gasteiger charge is 2.33. The summed E-state index contributed by atoms with van der Waals surface area (Å²) in [6.45, 7) is 6.38. The van der Waals surface area contributed by atoms with Crippen molar-refractivity contribution in [3.63, 3.8) is 0 Å². The first-order chi connectivity index (χ1) is 12.3. The van der Waals surface area contributed by atoms with Crippen LogP contribution in [0.5, 0.6) is 0 Å². The van der Waals surface area contributed by atoms with Crippen LogP contribution in [0, 0.1) is 17.3 Å². The number of aliphatic carboxylic acids is 1. The van der Waals surface area contributed by atoms with Crippen LogP contribution in [0.15, 0.2) is 24.3 Å². The minimum Gasteiger partial charge on any atom is -0.481 e. The Kier molecular flexibility index (Phi) is 10.2. The number of carboxylic acid groups (broad SMARTS) is 1. The molecule has 1 rings (SSSR count). The fourth-order valence-electron chi connectivity index (χ4n) is 3.68. The fraction of sp³-hybridized carbons (Fsp3) is 0.773. The van der Waals surface area contributed by atoms with Crippen molar-refractivity contribution in [2.45, 2.75) is 90.8 Å². The molecule has 3 N–H and O–H groups in total. The second kappa shape index (κ2) is 11.6. The predicted octanol–water partition coefficient (Wildman–Crippen LogP) is 4.71. The Morgan fingerprint density at radius 2 is 1.96 bits per heavy atom. The third kappa shape index (κ3) is 8.05. The molecule has 4 atom stereocenters. The third-order valence-corrected chi connectivity index (χ3v) is 5.69. The Labute approximate surface area is 159 Å². The van der Waals surface area contributed by atoms with Crippen molar-refractivity contribution in [1.82, 2.24) is 0 Å². The summed E-state index contributed by atoms with van der Waals surface area (Å²) in [6.07, 6.45) is 14.8. The number of carbonyl (C=O) groups is 1. The average Bonchev–Trinajstić information content (AvgIpc) is 2.93. The van der Waals surface area contributed by atoms with Crippen LogP contribution < -0.4 is 0 Å². The minimum absolute atomic E-state index is 0.122. The lowest BCUT2D eigenvalue weighted by Gasteiger charge is -2.29. The number of hydrogen-bond acceptors (Lipinski definition) is 3. The molecular weight excluding hydrogens is 328 g/mol. The van der Waals surface area contributed by atoms with Crippen LogP contribution >= 0.6 is 0 Å². The van der Waals surface area contributed by atoms with Gasteiger partial charge >= 0.3 is 5.97 Å². The number of hydrogen-bond donors (Lipinski definition) is 3. The van der Waals surface area contributed by atoms with Crippen LogP contribution in [0.25, 0.3) is 0 Å². The average molecular weight is 367 g/mol. The first kappa shape index (κ1) is 22.9. The standard InChI is InChI=1S/C22H38O4/c1-4-5-16-22(2,3)20(24)15-13-17-12-14-19(23)18(17)10-8-6-7-9-11-21(25)26/h6,8,13,15,17-20,23-24H,4-5,7,9-12,14,16H2,1-3H3,(H,25,26)/b8-6+,15-13-. The molecule has 0 bridgehead atoms. The van der Waals surface area contributed by atoms with Gasteiger partial charge in [-0.3, -0.25) is 4.79 Å². The van der Waals surface area contributed by atoms with Gasteiger partial charge in [0.15, 0.2) is 0 Å². The van der Waals surface area contributed by atoms with Gasteiger partial charge in [0, 0.05) is 6.42 Å². The fourth-order valence-corrected chi connectivity index (χ4v) is 3.68. The van der Waals surface area contributed by atoms with Crippen LogP contribution in [0.1, 0.15) is 78.6 Å². The monoisotopic (exact) mass is 366 g/mol. The largest absolute Gasteiger partial charge is 0.481 e. The number of allylic oxidation sites excluding steroid dienone is 3. The summed E-state index contributed by atoms with van der Waals surface area (Å²) in [7, 11) is 0. The summed E-state index contributed by atoms with van der Waals surface area (Å²) in [5.41, 5.74) is -0.122. The smallest absolute Gasteiger partial charge is 0.303 e. The van der Waals surface area contributed by atoms with Gasteiger partial charge in [0.2, 0.25) is 0 Å². The van der Waals surface area contributed by atoms with E-state index < -0.39 is 12.1 Å². The van der Waals surface area contributed by atoms with Gasteiger partial charge in [0.25, 0.3) is 0 Å². The number of carboxylic acids is 1. The summed E-state index contributed by atoms with van der Waals surface area (Å²) in [5, 5.41) is 29.4. The molecule has 0 amide bonds. The van der Waals surface area contributed by atoms with Gasteiger partial charge in [-0.25, -0.2) is 0 Å². The number of aliphatic hydroxyl groups excluding tert-OH is 2. The van der Waals surface area contributed by atoms with E-state index >= 15 is 0 Å². The zero-order valence-electron chi connectivity index (χ0n) is 16.7. The molecule has 4 nitrogen and oxygen atoms in total. The van der Waals surface area contributed by atoms with E-state index in [1.807, 2.05) is 12.2 Å². The lowest BCUT2D eigenvalue weighted by molar-refractivity contribution is -0.137. The normalized spacial score (nSPS) is 25.3. The molecule has 4 heteroatoms. The van der Waals surface area contributed by atoms with Crippen molar-refractivity contribution in [1.29, 1.82) is 0 Å². The lowest BCUT2D eigenvalue weighted by atomic mass is 9.80. The summed E-state index contributed by atoms with van der Waals surface area (Å²) < 4.78 is 0. The molecule has 0 aromatic rings. The Bertz CT molecular complexity index is 467. The molecule has 1 aliphatic carbocycles. The summed E-state index contributed by atoms with van der Waals surface area (Å²) in [4.78, 5) is 10.5. The quantitative estimate of drug-likeness (QED) is 0.345. The summed E-state index contributed by atoms with van der Waals surface area (Å²) >= 11 is 0. The van der Waals surface area contributed by atoms with E-state index in [0.29, 0.717) is 12.3 Å². The van der Waals surface area contributed by atoms with Crippen LogP contribution in [0.3, 0.4) is 0 Å². The van der Waals surface area contributed by atoms with Crippen LogP contribution in [0.2, 0.25) is 0 Å². The van der Waals surface area contributed by atoms with Crippen molar-refractivity contribution >= 4 is 5.97 Å². The van der Waals surface area contributed by atoms with Crippen LogP contribution in [-0.4, -0.2) is 33.5 Å². The van der Waals surface area contributed by atoms with E-state index in [9.17, 15) is 15.0 Å². The summed E-state index contributed by atoms with van der Waals surface area (Å²) in [6, 6.07) is 0. The van der Waals surface area contributed by atoms with Crippen molar-refractivity contribution < 1.29 is 20.1 Å². The zero-order chi connectivity index (χ0) is 19.6. The topological polar surface area (TPSA) is 77.8 Å². The van der Waals surface area contributed by atoms with Gasteiger partial charge in [-0.1, -0.05) is 57.9 Å². The maximum atomic E-state index is 10.5. The van der Waals surface area contributed by atoms with E-state index in [1.165, 1.54) is 0 Å². The predicted molar refractivity (Wildman–Crippen MR) is 106 cm³/mol. The highest BCUT2D eigenvalue weighted by molar-refractivity contribution is 5.66. The van der Waals surface area contributed by atoms with Gasteiger partial charge in [0.05, 0.1) is 12.2 Å². The molecular formula is C22H38O4. The molecule has 26 heavy (non-hydrogen) atoms.